The van der Waals surface area contributed by atoms with Gasteiger partial charge in [0.1, 0.15) is 4.99 Å². The van der Waals surface area contributed by atoms with Crippen molar-refractivity contribution in [3.8, 4) is 0 Å². The maximum atomic E-state index is 5.71. The molecular formula is C13H14N4S. The first-order valence-corrected chi connectivity index (χ1v) is 5.94. The Labute approximate surface area is 111 Å². The summed E-state index contributed by atoms with van der Waals surface area (Å²) in [5.41, 5.74) is 8.44. The first-order valence-electron chi connectivity index (χ1n) is 5.53. The number of rotatable bonds is 4. The number of anilines is 1. The Morgan fingerprint density at radius 3 is 2.83 bits per heavy atom. The molecule has 5 heteroatoms. The second kappa shape index (κ2) is 5.55. The van der Waals surface area contributed by atoms with Gasteiger partial charge in [0.15, 0.2) is 0 Å². The first-order chi connectivity index (χ1) is 8.68. The molecule has 0 aliphatic heterocycles. The van der Waals surface area contributed by atoms with Crippen LogP contribution >= 0.6 is 12.2 Å². The predicted octanol–water partition coefficient (Wildman–Crippen LogP) is 1.75. The molecule has 0 saturated heterocycles. The average molecular weight is 258 g/mol. The fourth-order valence-corrected chi connectivity index (χ4v) is 1.89. The smallest absolute Gasteiger partial charge is 0.106 e. The standard InChI is InChI=1S/C13H14N4S/c1-17(9-10-4-2-3-6-16-10)12-8-15-7-5-11(12)13(14)18/h2-8H,9H2,1H3,(H2,14,18). The van der Waals surface area contributed by atoms with E-state index in [1.54, 1.807) is 18.6 Å². The Morgan fingerprint density at radius 2 is 2.17 bits per heavy atom. The second-order valence-electron chi connectivity index (χ2n) is 3.93. The van der Waals surface area contributed by atoms with Gasteiger partial charge in [0.25, 0.3) is 0 Å². The molecule has 92 valence electrons. The Bertz CT molecular complexity index is 542. The molecule has 0 aliphatic carbocycles. The lowest BCUT2D eigenvalue weighted by atomic mass is 10.2. The minimum Gasteiger partial charge on any atom is -0.389 e. The van der Waals surface area contributed by atoms with Crippen LogP contribution in [0.3, 0.4) is 0 Å². The summed E-state index contributed by atoms with van der Waals surface area (Å²) in [5, 5.41) is 0. The highest BCUT2D eigenvalue weighted by Crippen LogP contribution is 2.19. The molecule has 0 aliphatic rings. The van der Waals surface area contributed by atoms with Gasteiger partial charge in [-0.2, -0.15) is 0 Å². The van der Waals surface area contributed by atoms with Crippen molar-refractivity contribution in [1.29, 1.82) is 0 Å². The predicted molar refractivity (Wildman–Crippen MR) is 76.5 cm³/mol. The molecule has 0 amide bonds. The summed E-state index contributed by atoms with van der Waals surface area (Å²) >= 11 is 5.04. The zero-order chi connectivity index (χ0) is 13.0. The summed E-state index contributed by atoms with van der Waals surface area (Å²) in [4.78, 5) is 10.8. The van der Waals surface area contributed by atoms with E-state index in [4.69, 9.17) is 18.0 Å². The molecule has 4 nitrogen and oxygen atoms in total. The van der Waals surface area contributed by atoms with Gasteiger partial charge >= 0.3 is 0 Å². The van der Waals surface area contributed by atoms with E-state index in [0.29, 0.717) is 11.5 Å². The van der Waals surface area contributed by atoms with E-state index in [1.807, 2.05) is 36.2 Å². The molecule has 2 heterocycles. The van der Waals surface area contributed by atoms with Gasteiger partial charge in [-0.3, -0.25) is 9.97 Å². The molecule has 0 atom stereocenters. The Hall–Kier alpha value is -2.01. The van der Waals surface area contributed by atoms with Gasteiger partial charge in [0, 0.05) is 25.0 Å². The monoisotopic (exact) mass is 258 g/mol. The number of thiocarbonyl (C=S) groups is 1. The molecule has 0 fully saturated rings. The van der Waals surface area contributed by atoms with Crippen LogP contribution in [0.5, 0.6) is 0 Å². The summed E-state index contributed by atoms with van der Waals surface area (Å²) in [6.45, 7) is 0.683. The van der Waals surface area contributed by atoms with Gasteiger partial charge in [-0.1, -0.05) is 18.3 Å². The van der Waals surface area contributed by atoms with Crippen LogP contribution in [0, 0.1) is 0 Å². The molecule has 0 radical (unpaired) electrons. The third-order valence-electron chi connectivity index (χ3n) is 2.60. The van der Waals surface area contributed by atoms with Crippen molar-refractivity contribution >= 4 is 22.9 Å². The van der Waals surface area contributed by atoms with Crippen molar-refractivity contribution in [2.45, 2.75) is 6.54 Å². The number of hydrogen-bond donors (Lipinski definition) is 1. The third-order valence-corrected chi connectivity index (χ3v) is 2.82. The van der Waals surface area contributed by atoms with E-state index in [2.05, 4.69) is 9.97 Å². The van der Waals surface area contributed by atoms with E-state index in [-0.39, 0.29) is 0 Å². The van der Waals surface area contributed by atoms with Crippen LogP contribution in [-0.4, -0.2) is 22.0 Å². The van der Waals surface area contributed by atoms with Crippen LogP contribution < -0.4 is 10.6 Å². The molecular weight excluding hydrogens is 244 g/mol. The van der Waals surface area contributed by atoms with Crippen LogP contribution in [0.4, 0.5) is 5.69 Å². The molecule has 2 rings (SSSR count). The van der Waals surface area contributed by atoms with Crippen LogP contribution in [0.1, 0.15) is 11.3 Å². The highest BCUT2D eigenvalue weighted by Gasteiger charge is 2.10. The molecule has 0 bridgehead atoms. The quantitative estimate of drug-likeness (QED) is 0.847. The maximum absolute atomic E-state index is 5.71. The van der Waals surface area contributed by atoms with Gasteiger partial charge in [-0.15, -0.1) is 0 Å². The van der Waals surface area contributed by atoms with Crippen LogP contribution in [0.15, 0.2) is 42.9 Å². The molecule has 2 aromatic rings. The maximum Gasteiger partial charge on any atom is 0.106 e. The third kappa shape index (κ3) is 2.81. The Balaban J connectivity index is 2.24. The highest BCUT2D eigenvalue weighted by molar-refractivity contribution is 7.80. The molecule has 0 saturated carbocycles. The Kier molecular flexibility index (Phi) is 3.84. The van der Waals surface area contributed by atoms with Gasteiger partial charge in [0.2, 0.25) is 0 Å². The number of nitrogens with two attached hydrogens (primary N) is 1. The lowest BCUT2D eigenvalue weighted by molar-refractivity contribution is 0.880. The normalized spacial score (nSPS) is 10.1. The lowest BCUT2D eigenvalue weighted by Crippen LogP contribution is -2.22. The summed E-state index contributed by atoms with van der Waals surface area (Å²) in [6.07, 6.45) is 5.23. The van der Waals surface area contributed by atoms with Crippen LogP contribution in [0.25, 0.3) is 0 Å². The molecule has 0 unspecified atom stereocenters. The van der Waals surface area contributed by atoms with Crippen LogP contribution in [0.2, 0.25) is 0 Å². The van der Waals surface area contributed by atoms with Crippen molar-refractivity contribution in [2.24, 2.45) is 5.73 Å². The van der Waals surface area contributed by atoms with Gasteiger partial charge < -0.3 is 10.6 Å². The largest absolute Gasteiger partial charge is 0.389 e. The number of nitrogens with zero attached hydrogens (tertiary/aromatic N) is 3. The van der Waals surface area contributed by atoms with E-state index in [0.717, 1.165) is 16.9 Å². The molecule has 2 aromatic heterocycles. The molecule has 18 heavy (non-hydrogen) atoms. The van der Waals surface area contributed by atoms with E-state index in [9.17, 15) is 0 Å². The van der Waals surface area contributed by atoms with Crippen molar-refractivity contribution in [1.82, 2.24) is 9.97 Å². The summed E-state index contributed by atoms with van der Waals surface area (Å²) in [7, 11) is 1.97. The molecule has 2 N–H and O–H groups in total. The fraction of sp³-hybridized carbons (Fsp3) is 0.154. The van der Waals surface area contributed by atoms with Crippen molar-refractivity contribution in [3.05, 3.63) is 54.1 Å². The fourth-order valence-electron chi connectivity index (χ4n) is 1.72. The minimum absolute atomic E-state index is 0.375. The molecule has 0 spiro atoms. The zero-order valence-electron chi connectivity index (χ0n) is 10.1. The SMILES string of the molecule is CN(Cc1ccccn1)c1cnccc1C(N)=S. The zero-order valence-corrected chi connectivity index (χ0v) is 10.9. The van der Waals surface area contributed by atoms with Crippen LogP contribution in [-0.2, 0) is 6.54 Å². The van der Waals surface area contributed by atoms with Crippen molar-refractivity contribution in [2.75, 3.05) is 11.9 Å². The van der Waals surface area contributed by atoms with Gasteiger partial charge in [0.05, 0.1) is 24.1 Å². The van der Waals surface area contributed by atoms with Crippen molar-refractivity contribution < 1.29 is 0 Å². The molecule has 0 aromatic carbocycles. The topological polar surface area (TPSA) is 55.0 Å². The summed E-state index contributed by atoms with van der Waals surface area (Å²) in [6, 6.07) is 7.67. The summed E-state index contributed by atoms with van der Waals surface area (Å²) < 4.78 is 0. The number of pyridine rings is 2. The van der Waals surface area contributed by atoms with Crippen molar-refractivity contribution in [3.63, 3.8) is 0 Å². The first kappa shape index (κ1) is 12.4. The minimum atomic E-state index is 0.375. The average Bonchev–Trinajstić information content (AvgIpc) is 2.40. The van der Waals surface area contributed by atoms with E-state index >= 15 is 0 Å². The Morgan fingerprint density at radius 1 is 1.33 bits per heavy atom. The summed E-state index contributed by atoms with van der Waals surface area (Å²) in [5.74, 6) is 0. The number of aromatic nitrogens is 2. The van der Waals surface area contributed by atoms with E-state index < -0.39 is 0 Å². The lowest BCUT2D eigenvalue weighted by Gasteiger charge is -2.21. The number of hydrogen-bond acceptors (Lipinski definition) is 4. The van der Waals surface area contributed by atoms with Gasteiger partial charge in [-0.25, -0.2) is 0 Å². The highest BCUT2D eigenvalue weighted by atomic mass is 32.1. The van der Waals surface area contributed by atoms with E-state index in [1.165, 1.54) is 0 Å². The van der Waals surface area contributed by atoms with Gasteiger partial charge in [-0.05, 0) is 18.2 Å². The second-order valence-corrected chi connectivity index (χ2v) is 4.37.